The molecular formula is C21H22N4O2. The number of methoxy groups -OCH3 is 1. The Morgan fingerprint density at radius 3 is 2.70 bits per heavy atom. The lowest BCUT2D eigenvalue weighted by Gasteiger charge is -2.13. The fourth-order valence-electron chi connectivity index (χ4n) is 2.82. The van der Waals surface area contributed by atoms with Crippen LogP contribution >= 0.6 is 0 Å². The van der Waals surface area contributed by atoms with Gasteiger partial charge in [0.1, 0.15) is 23.6 Å². The first-order valence-corrected chi connectivity index (χ1v) is 8.74. The molecule has 0 saturated heterocycles. The van der Waals surface area contributed by atoms with Crippen molar-refractivity contribution in [1.82, 2.24) is 9.97 Å². The molecule has 6 nitrogen and oxygen atoms in total. The van der Waals surface area contributed by atoms with Gasteiger partial charge in [-0.2, -0.15) is 0 Å². The van der Waals surface area contributed by atoms with Crippen LogP contribution in [0.2, 0.25) is 0 Å². The summed E-state index contributed by atoms with van der Waals surface area (Å²) in [6, 6.07) is 15.1. The van der Waals surface area contributed by atoms with Gasteiger partial charge in [0.2, 0.25) is 0 Å². The zero-order valence-electron chi connectivity index (χ0n) is 15.6. The SMILES string of the molecule is CCc1cccc(C)c1NC(=O)c1cc(Nc2ccccc2OC)ncn1. The van der Waals surface area contributed by atoms with E-state index in [0.29, 0.717) is 11.6 Å². The molecule has 0 bridgehead atoms. The number of anilines is 3. The van der Waals surface area contributed by atoms with Crippen LogP contribution in [0.4, 0.5) is 17.2 Å². The van der Waals surface area contributed by atoms with Gasteiger partial charge in [-0.3, -0.25) is 4.79 Å². The van der Waals surface area contributed by atoms with Gasteiger partial charge in [0, 0.05) is 11.8 Å². The van der Waals surface area contributed by atoms with Gasteiger partial charge in [-0.1, -0.05) is 37.3 Å². The minimum Gasteiger partial charge on any atom is -0.495 e. The number of benzene rings is 2. The van der Waals surface area contributed by atoms with Crippen LogP contribution < -0.4 is 15.4 Å². The molecule has 1 aromatic heterocycles. The lowest BCUT2D eigenvalue weighted by atomic mass is 10.1. The number of para-hydroxylation sites is 3. The van der Waals surface area contributed by atoms with E-state index in [0.717, 1.165) is 28.9 Å². The second kappa shape index (κ2) is 8.31. The van der Waals surface area contributed by atoms with Crippen molar-refractivity contribution in [3.8, 4) is 5.75 Å². The van der Waals surface area contributed by atoms with Gasteiger partial charge in [0.15, 0.2) is 0 Å². The van der Waals surface area contributed by atoms with Crippen LogP contribution in [0.25, 0.3) is 0 Å². The van der Waals surface area contributed by atoms with Crippen molar-refractivity contribution in [2.24, 2.45) is 0 Å². The summed E-state index contributed by atoms with van der Waals surface area (Å²) < 4.78 is 5.33. The topological polar surface area (TPSA) is 76.1 Å². The van der Waals surface area contributed by atoms with Crippen LogP contribution in [-0.2, 0) is 6.42 Å². The molecule has 2 N–H and O–H groups in total. The van der Waals surface area contributed by atoms with Crippen molar-refractivity contribution in [1.29, 1.82) is 0 Å². The van der Waals surface area contributed by atoms with Gasteiger partial charge in [-0.05, 0) is 36.6 Å². The van der Waals surface area contributed by atoms with E-state index in [1.54, 1.807) is 13.2 Å². The lowest BCUT2D eigenvalue weighted by Crippen LogP contribution is -2.16. The third-order valence-electron chi connectivity index (χ3n) is 4.25. The third kappa shape index (κ3) is 4.23. The summed E-state index contributed by atoms with van der Waals surface area (Å²) in [5.41, 5.74) is 3.99. The summed E-state index contributed by atoms with van der Waals surface area (Å²) in [7, 11) is 1.60. The number of carbonyl (C=O) groups is 1. The summed E-state index contributed by atoms with van der Waals surface area (Å²) in [6.07, 6.45) is 2.20. The number of nitrogens with one attached hydrogen (secondary N) is 2. The molecule has 1 amide bonds. The third-order valence-corrected chi connectivity index (χ3v) is 4.25. The van der Waals surface area contributed by atoms with E-state index in [4.69, 9.17) is 4.74 Å². The highest BCUT2D eigenvalue weighted by molar-refractivity contribution is 6.04. The molecular weight excluding hydrogens is 340 g/mol. The molecule has 0 fully saturated rings. The minimum absolute atomic E-state index is 0.274. The fraction of sp³-hybridized carbons (Fsp3) is 0.190. The number of rotatable bonds is 6. The molecule has 138 valence electrons. The Bertz CT molecular complexity index is 956. The minimum atomic E-state index is -0.274. The van der Waals surface area contributed by atoms with E-state index in [9.17, 15) is 4.79 Å². The Labute approximate surface area is 158 Å². The summed E-state index contributed by atoms with van der Waals surface area (Å²) in [5.74, 6) is 0.930. The molecule has 0 aliphatic rings. The van der Waals surface area contributed by atoms with Crippen LogP contribution in [0.3, 0.4) is 0 Å². The number of amides is 1. The number of nitrogens with zero attached hydrogens (tertiary/aromatic N) is 2. The second-order valence-corrected chi connectivity index (χ2v) is 6.03. The molecule has 0 aliphatic heterocycles. The molecule has 0 radical (unpaired) electrons. The van der Waals surface area contributed by atoms with Gasteiger partial charge in [0.25, 0.3) is 5.91 Å². The van der Waals surface area contributed by atoms with E-state index in [-0.39, 0.29) is 11.6 Å². The number of aryl methyl sites for hydroxylation is 2. The van der Waals surface area contributed by atoms with Crippen molar-refractivity contribution in [3.63, 3.8) is 0 Å². The van der Waals surface area contributed by atoms with Gasteiger partial charge in [0.05, 0.1) is 12.8 Å². The first-order valence-electron chi connectivity index (χ1n) is 8.74. The van der Waals surface area contributed by atoms with Crippen molar-refractivity contribution >= 4 is 23.1 Å². The average molecular weight is 362 g/mol. The van der Waals surface area contributed by atoms with E-state index >= 15 is 0 Å². The van der Waals surface area contributed by atoms with Crippen LogP contribution in [0, 0.1) is 6.92 Å². The van der Waals surface area contributed by atoms with E-state index in [2.05, 4.69) is 27.5 Å². The Kier molecular flexibility index (Phi) is 5.66. The molecule has 27 heavy (non-hydrogen) atoms. The Hall–Kier alpha value is -3.41. The molecule has 2 aromatic carbocycles. The van der Waals surface area contributed by atoms with Crippen molar-refractivity contribution < 1.29 is 9.53 Å². The molecule has 0 spiro atoms. The summed E-state index contributed by atoms with van der Waals surface area (Å²) in [4.78, 5) is 21.0. The number of hydrogen-bond donors (Lipinski definition) is 2. The largest absolute Gasteiger partial charge is 0.495 e. The van der Waals surface area contributed by atoms with Crippen LogP contribution in [0.5, 0.6) is 5.75 Å². The molecule has 1 heterocycles. The van der Waals surface area contributed by atoms with E-state index in [1.165, 1.54) is 6.33 Å². The molecule has 0 atom stereocenters. The zero-order valence-corrected chi connectivity index (χ0v) is 15.6. The van der Waals surface area contributed by atoms with Crippen molar-refractivity contribution in [3.05, 3.63) is 71.7 Å². The Morgan fingerprint density at radius 1 is 1.11 bits per heavy atom. The Balaban J connectivity index is 1.82. The maximum atomic E-state index is 12.7. The van der Waals surface area contributed by atoms with Crippen LogP contribution in [-0.4, -0.2) is 23.0 Å². The molecule has 3 aromatic rings. The van der Waals surface area contributed by atoms with Gasteiger partial charge >= 0.3 is 0 Å². The number of aromatic nitrogens is 2. The highest BCUT2D eigenvalue weighted by Gasteiger charge is 2.13. The first kappa shape index (κ1) is 18.4. The lowest BCUT2D eigenvalue weighted by molar-refractivity contribution is 0.102. The van der Waals surface area contributed by atoms with E-state index < -0.39 is 0 Å². The van der Waals surface area contributed by atoms with Gasteiger partial charge in [-0.25, -0.2) is 9.97 Å². The highest BCUT2D eigenvalue weighted by Crippen LogP contribution is 2.26. The monoisotopic (exact) mass is 362 g/mol. The molecule has 0 unspecified atom stereocenters. The predicted octanol–water partition coefficient (Wildman–Crippen LogP) is 4.35. The van der Waals surface area contributed by atoms with Crippen LogP contribution in [0.1, 0.15) is 28.5 Å². The molecule has 0 aliphatic carbocycles. The number of ether oxygens (including phenoxy) is 1. The average Bonchev–Trinajstić information content (AvgIpc) is 2.70. The van der Waals surface area contributed by atoms with Gasteiger partial charge in [-0.15, -0.1) is 0 Å². The first-order chi connectivity index (χ1) is 13.1. The quantitative estimate of drug-likeness (QED) is 0.682. The summed E-state index contributed by atoms with van der Waals surface area (Å²) in [6.45, 7) is 4.04. The standard InChI is InChI=1S/C21H22N4O2/c1-4-15-9-7-8-14(2)20(15)25-21(26)17-12-19(23-13-22-17)24-16-10-5-6-11-18(16)27-3/h5-13H,4H2,1-3H3,(H,25,26)(H,22,23,24). The highest BCUT2D eigenvalue weighted by atomic mass is 16.5. The van der Waals surface area contributed by atoms with Gasteiger partial charge < -0.3 is 15.4 Å². The van der Waals surface area contributed by atoms with E-state index in [1.807, 2.05) is 49.4 Å². The second-order valence-electron chi connectivity index (χ2n) is 6.03. The summed E-state index contributed by atoms with van der Waals surface area (Å²) >= 11 is 0. The maximum Gasteiger partial charge on any atom is 0.274 e. The normalized spacial score (nSPS) is 10.3. The van der Waals surface area contributed by atoms with Crippen LogP contribution in [0.15, 0.2) is 54.9 Å². The maximum absolute atomic E-state index is 12.7. The number of carbonyl (C=O) groups excluding carboxylic acids is 1. The van der Waals surface area contributed by atoms with Crippen molar-refractivity contribution in [2.45, 2.75) is 20.3 Å². The fourth-order valence-corrected chi connectivity index (χ4v) is 2.82. The number of hydrogen-bond acceptors (Lipinski definition) is 5. The Morgan fingerprint density at radius 2 is 1.93 bits per heavy atom. The van der Waals surface area contributed by atoms with Crippen molar-refractivity contribution in [2.75, 3.05) is 17.7 Å². The molecule has 6 heteroatoms. The predicted molar refractivity (Wildman–Crippen MR) is 107 cm³/mol. The smallest absolute Gasteiger partial charge is 0.274 e. The molecule has 0 saturated carbocycles. The summed E-state index contributed by atoms with van der Waals surface area (Å²) in [5, 5.41) is 6.14. The zero-order chi connectivity index (χ0) is 19.2. The molecule has 3 rings (SSSR count).